The summed E-state index contributed by atoms with van der Waals surface area (Å²) >= 11 is 0. The molecule has 1 rings (SSSR count). The Morgan fingerprint density at radius 1 is 1.62 bits per heavy atom. The number of carbonyl (C=O) groups is 1. The summed E-state index contributed by atoms with van der Waals surface area (Å²) in [7, 11) is 0. The predicted octanol–water partition coefficient (Wildman–Crippen LogP) is 0.652. The fourth-order valence-corrected chi connectivity index (χ4v) is 2.02. The van der Waals surface area contributed by atoms with E-state index in [0.29, 0.717) is 5.92 Å². The largest absolute Gasteiger partial charge is 0.394 e. The van der Waals surface area contributed by atoms with E-state index in [1.165, 1.54) is 0 Å². The molecule has 1 aliphatic rings. The highest BCUT2D eigenvalue weighted by atomic mass is 16.3. The van der Waals surface area contributed by atoms with Gasteiger partial charge in [0.1, 0.15) is 0 Å². The lowest BCUT2D eigenvalue weighted by Gasteiger charge is -2.34. The van der Waals surface area contributed by atoms with Gasteiger partial charge in [0.15, 0.2) is 0 Å². The predicted molar refractivity (Wildman–Crippen MR) is 64.1 cm³/mol. The number of aliphatic hydroxyl groups excluding tert-OH is 1. The maximum Gasteiger partial charge on any atom is 0.237 e. The summed E-state index contributed by atoms with van der Waals surface area (Å²) in [4.78, 5) is 12.1. The van der Waals surface area contributed by atoms with E-state index < -0.39 is 5.54 Å². The van der Waals surface area contributed by atoms with Crippen molar-refractivity contribution in [1.29, 1.82) is 0 Å². The van der Waals surface area contributed by atoms with Crippen LogP contribution in [0.1, 0.15) is 40.0 Å². The van der Waals surface area contributed by atoms with E-state index in [1.54, 1.807) is 0 Å². The molecule has 1 fully saturated rings. The van der Waals surface area contributed by atoms with Gasteiger partial charge in [-0.2, -0.15) is 0 Å². The van der Waals surface area contributed by atoms with Gasteiger partial charge in [-0.15, -0.1) is 0 Å². The first kappa shape index (κ1) is 13.5. The lowest BCUT2D eigenvalue weighted by atomic mass is 9.91. The van der Waals surface area contributed by atoms with Gasteiger partial charge in [-0.05, 0) is 38.6 Å². The summed E-state index contributed by atoms with van der Waals surface area (Å²) < 4.78 is 0. The zero-order valence-corrected chi connectivity index (χ0v) is 10.5. The fourth-order valence-electron chi connectivity index (χ4n) is 2.02. The number of hydrogen-bond acceptors (Lipinski definition) is 3. The van der Waals surface area contributed by atoms with Crippen molar-refractivity contribution in [2.75, 3.05) is 13.2 Å². The van der Waals surface area contributed by atoms with E-state index in [2.05, 4.69) is 17.6 Å². The molecule has 4 nitrogen and oxygen atoms in total. The summed E-state index contributed by atoms with van der Waals surface area (Å²) in [5.74, 6) is 0.388. The molecule has 0 aromatic carbocycles. The van der Waals surface area contributed by atoms with Crippen LogP contribution in [-0.2, 0) is 4.79 Å². The van der Waals surface area contributed by atoms with Crippen molar-refractivity contribution in [3.63, 3.8) is 0 Å². The minimum atomic E-state index is -0.490. The van der Waals surface area contributed by atoms with Crippen molar-refractivity contribution in [3.05, 3.63) is 0 Å². The molecule has 0 spiro atoms. The van der Waals surface area contributed by atoms with Gasteiger partial charge >= 0.3 is 0 Å². The Morgan fingerprint density at radius 2 is 2.31 bits per heavy atom. The molecule has 3 atom stereocenters. The van der Waals surface area contributed by atoms with Crippen molar-refractivity contribution >= 4 is 5.91 Å². The third kappa shape index (κ3) is 3.19. The number of piperidine rings is 1. The van der Waals surface area contributed by atoms with Crippen LogP contribution in [0.2, 0.25) is 0 Å². The zero-order valence-electron chi connectivity index (χ0n) is 10.5. The maximum atomic E-state index is 12.1. The molecule has 3 N–H and O–H groups in total. The van der Waals surface area contributed by atoms with Crippen molar-refractivity contribution in [2.45, 2.75) is 51.6 Å². The Labute approximate surface area is 97.8 Å². The summed E-state index contributed by atoms with van der Waals surface area (Å²) in [6.45, 7) is 6.83. The van der Waals surface area contributed by atoms with Gasteiger partial charge in [0.2, 0.25) is 5.91 Å². The summed E-state index contributed by atoms with van der Waals surface area (Å²) in [6, 6.07) is -0.105. The molecule has 0 radical (unpaired) electrons. The summed E-state index contributed by atoms with van der Waals surface area (Å²) in [5.41, 5.74) is -0.490. The smallest absolute Gasteiger partial charge is 0.237 e. The first-order valence-electron chi connectivity index (χ1n) is 6.18. The van der Waals surface area contributed by atoms with Crippen LogP contribution < -0.4 is 10.6 Å². The van der Waals surface area contributed by atoms with Crippen LogP contribution in [0.25, 0.3) is 0 Å². The zero-order chi connectivity index (χ0) is 12.2. The molecule has 1 saturated heterocycles. The molecule has 4 heteroatoms. The summed E-state index contributed by atoms with van der Waals surface area (Å²) in [6.07, 6.45) is 2.96. The van der Waals surface area contributed by atoms with E-state index in [-0.39, 0.29) is 18.6 Å². The van der Waals surface area contributed by atoms with E-state index in [9.17, 15) is 9.90 Å². The van der Waals surface area contributed by atoms with Gasteiger partial charge in [-0.25, -0.2) is 0 Å². The number of nitrogens with one attached hydrogen (secondary N) is 2. The maximum absolute atomic E-state index is 12.1. The number of carbonyl (C=O) groups excluding carboxylic acids is 1. The van der Waals surface area contributed by atoms with Gasteiger partial charge in [0.25, 0.3) is 0 Å². The third-order valence-corrected chi connectivity index (χ3v) is 3.61. The summed E-state index contributed by atoms with van der Waals surface area (Å²) in [5, 5.41) is 15.5. The molecule has 0 saturated carbocycles. The van der Waals surface area contributed by atoms with Crippen LogP contribution >= 0.6 is 0 Å². The Balaban J connectivity index is 2.56. The number of rotatable bonds is 4. The van der Waals surface area contributed by atoms with E-state index in [1.807, 2.05) is 13.8 Å². The molecule has 0 bridgehead atoms. The standard InChI is InChI=1S/C12H24N2O2/c1-4-12(3,8-15)14-11(16)10-9(2)6-5-7-13-10/h9-10,13,15H,4-8H2,1-3H3,(H,14,16). The first-order valence-corrected chi connectivity index (χ1v) is 6.18. The number of aliphatic hydroxyl groups is 1. The molecule has 94 valence electrons. The van der Waals surface area contributed by atoms with Crippen molar-refractivity contribution < 1.29 is 9.90 Å². The highest BCUT2D eigenvalue weighted by Gasteiger charge is 2.31. The molecule has 0 aromatic rings. The quantitative estimate of drug-likeness (QED) is 0.662. The molecular formula is C12H24N2O2. The SMILES string of the molecule is CCC(C)(CO)NC(=O)C1NCCCC1C. The molecular weight excluding hydrogens is 204 g/mol. The van der Waals surface area contributed by atoms with Gasteiger partial charge in [0, 0.05) is 0 Å². The number of amides is 1. The topological polar surface area (TPSA) is 61.4 Å². The van der Waals surface area contributed by atoms with Crippen LogP contribution in [0.4, 0.5) is 0 Å². The molecule has 0 aromatic heterocycles. The van der Waals surface area contributed by atoms with E-state index in [0.717, 1.165) is 25.8 Å². The van der Waals surface area contributed by atoms with Crippen molar-refractivity contribution in [3.8, 4) is 0 Å². The number of hydrogen-bond donors (Lipinski definition) is 3. The lowest BCUT2D eigenvalue weighted by Crippen LogP contribution is -2.57. The molecule has 1 heterocycles. The average molecular weight is 228 g/mol. The minimum absolute atomic E-state index is 0.0175. The van der Waals surface area contributed by atoms with Crippen molar-refractivity contribution in [1.82, 2.24) is 10.6 Å². The molecule has 1 amide bonds. The Bertz CT molecular complexity index is 239. The van der Waals surface area contributed by atoms with Crippen LogP contribution in [-0.4, -0.2) is 35.7 Å². The van der Waals surface area contributed by atoms with E-state index in [4.69, 9.17) is 0 Å². The van der Waals surface area contributed by atoms with Crippen LogP contribution in [0, 0.1) is 5.92 Å². The van der Waals surface area contributed by atoms with Crippen molar-refractivity contribution in [2.24, 2.45) is 5.92 Å². The molecule has 1 aliphatic heterocycles. The van der Waals surface area contributed by atoms with Gasteiger partial charge < -0.3 is 15.7 Å². The van der Waals surface area contributed by atoms with Crippen LogP contribution in [0.15, 0.2) is 0 Å². The third-order valence-electron chi connectivity index (χ3n) is 3.61. The average Bonchev–Trinajstić information content (AvgIpc) is 2.29. The van der Waals surface area contributed by atoms with Crippen LogP contribution in [0.3, 0.4) is 0 Å². The molecule has 0 aliphatic carbocycles. The molecule has 16 heavy (non-hydrogen) atoms. The highest BCUT2D eigenvalue weighted by Crippen LogP contribution is 2.17. The Hall–Kier alpha value is -0.610. The second-order valence-corrected chi connectivity index (χ2v) is 5.11. The normalized spacial score (nSPS) is 29.5. The fraction of sp³-hybridized carbons (Fsp3) is 0.917. The monoisotopic (exact) mass is 228 g/mol. The molecule has 3 unspecified atom stereocenters. The second-order valence-electron chi connectivity index (χ2n) is 5.11. The second kappa shape index (κ2) is 5.64. The first-order chi connectivity index (χ1) is 7.52. The van der Waals surface area contributed by atoms with Gasteiger partial charge in [-0.3, -0.25) is 4.79 Å². The lowest BCUT2D eigenvalue weighted by molar-refractivity contribution is -0.127. The Kier molecular flexibility index (Phi) is 4.74. The van der Waals surface area contributed by atoms with Gasteiger partial charge in [0.05, 0.1) is 18.2 Å². The van der Waals surface area contributed by atoms with Gasteiger partial charge in [-0.1, -0.05) is 13.8 Å². The minimum Gasteiger partial charge on any atom is -0.394 e. The van der Waals surface area contributed by atoms with E-state index >= 15 is 0 Å². The Morgan fingerprint density at radius 3 is 2.81 bits per heavy atom. The highest BCUT2D eigenvalue weighted by molar-refractivity contribution is 5.82. The van der Waals surface area contributed by atoms with Crippen LogP contribution in [0.5, 0.6) is 0 Å².